The van der Waals surface area contributed by atoms with Gasteiger partial charge < -0.3 is 4.43 Å². The maximum Gasteiger partial charge on any atom is 0.184 e. The molecule has 1 aromatic rings. The SMILES string of the molecule is CC(O[Si](C)(C)C)P(C)c1ccccc1. The van der Waals surface area contributed by atoms with Crippen LogP contribution >= 0.6 is 7.92 Å². The third-order valence-corrected chi connectivity index (χ3v) is 5.80. The van der Waals surface area contributed by atoms with Gasteiger partial charge in [0.1, 0.15) is 0 Å². The van der Waals surface area contributed by atoms with Crippen LogP contribution in [0, 0.1) is 0 Å². The second kappa shape index (κ2) is 5.24. The first kappa shape index (κ1) is 12.9. The van der Waals surface area contributed by atoms with Crippen LogP contribution in [0.4, 0.5) is 0 Å². The van der Waals surface area contributed by atoms with Crippen LogP contribution in [0.3, 0.4) is 0 Å². The number of benzene rings is 1. The quantitative estimate of drug-likeness (QED) is 0.577. The van der Waals surface area contributed by atoms with Crippen molar-refractivity contribution in [3.63, 3.8) is 0 Å². The standard InChI is InChI=1S/C12H21OPSi/c1-11(13-15(3,4)5)14(2)12-9-7-6-8-10-12/h6-11H,1-5H3. The van der Waals surface area contributed by atoms with E-state index >= 15 is 0 Å². The predicted molar refractivity (Wildman–Crippen MR) is 72.8 cm³/mol. The summed E-state index contributed by atoms with van der Waals surface area (Å²) in [5.41, 5.74) is 0. The second-order valence-electron chi connectivity index (χ2n) is 4.78. The van der Waals surface area contributed by atoms with Crippen molar-refractivity contribution < 1.29 is 4.43 Å². The summed E-state index contributed by atoms with van der Waals surface area (Å²) >= 11 is 0. The average molecular weight is 240 g/mol. The van der Waals surface area contributed by atoms with Gasteiger partial charge in [-0.1, -0.05) is 30.3 Å². The highest BCUT2D eigenvalue weighted by Gasteiger charge is 2.22. The lowest BCUT2D eigenvalue weighted by Gasteiger charge is -2.28. The molecule has 3 heteroatoms. The van der Waals surface area contributed by atoms with Crippen LogP contribution in [-0.4, -0.2) is 20.8 Å². The molecule has 0 aliphatic rings. The van der Waals surface area contributed by atoms with Crippen LogP contribution in [0.25, 0.3) is 0 Å². The fourth-order valence-electron chi connectivity index (χ4n) is 1.46. The van der Waals surface area contributed by atoms with E-state index in [-0.39, 0.29) is 7.92 Å². The lowest BCUT2D eigenvalue weighted by Crippen LogP contribution is -2.30. The van der Waals surface area contributed by atoms with Gasteiger partial charge in [-0.05, 0) is 46.5 Å². The van der Waals surface area contributed by atoms with Crippen molar-refractivity contribution in [2.24, 2.45) is 0 Å². The molecule has 15 heavy (non-hydrogen) atoms. The topological polar surface area (TPSA) is 9.23 Å². The van der Waals surface area contributed by atoms with E-state index in [1.54, 1.807) is 0 Å². The first-order chi connectivity index (χ1) is 6.90. The highest BCUT2D eigenvalue weighted by Crippen LogP contribution is 2.37. The molecule has 0 N–H and O–H groups in total. The van der Waals surface area contributed by atoms with Crippen molar-refractivity contribution in [1.29, 1.82) is 0 Å². The smallest absolute Gasteiger partial charge is 0.184 e. The number of rotatable bonds is 4. The summed E-state index contributed by atoms with van der Waals surface area (Å²) in [6.07, 6.45) is 0. The Hall–Kier alpha value is -0.173. The molecule has 0 aliphatic carbocycles. The Balaban J connectivity index is 2.65. The van der Waals surface area contributed by atoms with Crippen molar-refractivity contribution in [2.45, 2.75) is 32.4 Å². The minimum absolute atomic E-state index is 0.189. The highest BCUT2D eigenvalue weighted by atomic mass is 31.1. The summed E-state index contributed by atoms with van der Waals surface area (Å²) in [4.78, 5) is 0. The van der Waals surface area contributed by atoms with E-state index in [9.17, 15) is 0 Å². The fraction of sp³-hybridized carbons (Fsp3) is 0.500. The van der Waals surface area contributed by atoms with Gasteiger partial charge in [-0.3, -0.25) is 0 Å². The van der Waals surface area contributed by atoms with Crippen LogP contribution in [-0.2, 0) is 4.43 Å². The van der Waals surface area contributed by atoms with Gasteiger partial charge in [0.05, 0.1) is 5.85 Å². The zero-order chi connectivity index (χ0) is 11.5. The van der Waals surface area contributed by atoms with E-state index in [2.05, 4.69) is 63.6 Å². The molecule has 0 spiro atoms. The van der Waals surface area contributed by atoms with Crippen LogP contribution in [0.1, 0.15) is 6.92 Å². The van der Waals surface area contributed by atoms with Crippen molar-refractivity contribution in [3.8, 4) is 0 Å². The molecule has 0 saturated heterocycles. The van der Waals surface area contributed by atoms with Gasteiger partial charge in [-0.25, -0.2) is 0 Å². The largest absolute Gasteiger partial charge is 0.411 e. The molecule has 0 heterocycles. The molecule has 1 rings (SSSR count). The zero-order valence-electron chi connectivity index (χ0n) is 10.3. The first-order valence-electron chi connectivity index (χ1n) is 5.36. The lowest BCUT2D eigenvalue weighted by molar-refractivity contribution is 0.297. The van der Waals surface area contributed by atoms with Gasteiger partial charge in [0.15, 0.2) is 8.32 Å². The second-order valence-corrected chi connectivity index (χ2v) is 11.7. The van der Waals surface area contributed by atoms with Crippen LogP contribution < -0.4 is 5.30 Å². The molecule has 2 unspecified atom stereocenters. The summed E-state index contributed by atoms with van der Waals surface area (Å²) < 4.78 is 6.12. The average Bonchev–Trinajstić information content (AvgIpc) is 2.15. The molecule has 0 saturated carbocycles. The van der Waals surface area contributed by atoms with Crippen LogP contribution in [0.2, 0.25) is 19.6 Å². The van der Waals surface area contributed by atoms with Gasteiger partial charge in [-0.2, -0.15) is 0 Å². The van der Waals surface area contributed by atoms with E-state index < -0.39 is 8.32 Å². The molecule has 1 aromatic carbocycles. The highest BCUT2D eigenvalue weighted by molar-refractivity contribution is 7.65. The van der Waals surface area contributed by atoms with E-state index in [1.807, 2.05) is 0 Å². The molecule has 1 nitrogen and oxygen atoms in total. The van der Waals surface area contributed by atoms with Gasteiger partial charge in [-0.15, -0.1) is 0 Å². The molecular formula is C12H21OPSi. The van der Waals surface area contributed by atoms with Crippen LogP contribution in [0.15, 0.2) is 30.3 Å². The van der Waals surface area contributed by atoms with E-state index in [0.29, 0.717) is 5.85 Å². The minimum Gasteiger partial charge on any atom is -0.411 e. The summed E-state index contributed by atoms with van der Waals surface area (Å²) in [5, 5.41) is 1.43. The maximum atomic E-state index is 6.12. The van der Waals surface area contributed by atoms with Crippen LogP contribution in [0.5, 0.6) is 0 Å². The summed E-state index contributed by atoms with van der Waals surface area (Å²) in [7, 11) is -1.59. The summed E-state index contributed by atoms with van der Waals surface area (Å²) in [6.45, 7) is 11.2. The Labute approximate surface area is 95.7 Å². The third-order valence-electron chi connectivity index (χ3n) is 2.23. The Bertz CT molecular complexity index is 294. The Kier molecular flexibility index (Phi) is 4.51. The molecule has 0 fully saturated rings. The Morgan fingerprint density at radius 1 is 1.13 bits per heavy atom. The number of hydrogen-bond acceptors (Lipinski definition) is 1. The normalized spacial score (nSPS) is 16.1. The summed E-state index contributed by atoms with van der Waals surface area (Å²) in [5.74, 6) is 0.370. The van der Waals surface area contributed by atoms with Crippen molar-refractivity contribution in [2.75, 3.05) is 6.66 Å². The van der Waals surface area contributed by atoms with Crippen molar-refractivity contribution in [3.05, 3.63) is 30.3 Å². The molecular weight excluding hydrogens is 219 g/mol. The molecule has 0 bridgehead atoms. The molecule has 0 aromatic heterocycles. The van der Waals surface area contributed by atoms with Gasteiger partial charge >= 0.3 is 0 Å². The molecule has 84 valence electrons. The Morgan fingerprint density at radius 3 is 2.13 bits per heavy atom. The maximum absolute atomic E-state index is 6.12. The fourth-order valence-corrected chi connectivity index (χ4v) is 5.13. The lowest BCUT2D eigenvalue weighted by atomic mass is 10.4. The summed E-state index contributed by atoms with van der Waals surface area (Å²) in [6, 6.07) is 10.7. The van der Waals surface area contributed by atoms with Gasteiger partial charge in [0, 0.05) is 0 Å². The number of hydrogen-bond donors (Lipinski definition) is 0. The molecule has 0 radical (unpaired) electrons. The van der Waals surface area contributed by atoms with E-state index in [1.165, 1.54) is 5.30 Å². The monoisotopic (exact) mass is 240 g/mol. The van der Waals surface area contributed by atoms with E-state index in [4.69, 9.17) is 4.43 Å². The first-order valence-corrected chi connectivity index (χ1v) is 10.6. The third kappa shape index (κ3) is 4.46. The predicted octanol–water partition coefficient (Wildman–Crippen LogP) is 3.62. The van der Waals surface area contributed by atoms with Gasteiger partial charge in [0.25, 0.3) is 0 Å². The zero-order valence-corrected chi connectivity index (χ0v) is 12.2. The van der Waals surface area contributed by atoms with E-state index in [0.717, 1.165) is 0 Å². The van der Waals surface area contributed by atoms with Crippen molar-refractivity contribution in [1.82, 2.24) is 0 Å². The molecule has 0 aliphatic heterocycles. The Morgan fingerprint density at radius 2 is 1.67 bits per heavy atom. The molecule has 2 atom stereocenters. The van der Waals surface area contributed by atoms with Crippen molar-refractivity contribution >= 4 is 21.5 Å². The minimum atomic E-state index is -1.40. The molecule has 0 amide bonds. The van der Waals surface area contributed by atoms with Gasteiger partial charge in [0.2, 0.25) is 0 Å².